The molecule has 1 unspecified atom stereocenters. The van der Waals surface area contributed by atoms with Crippen molar-refractivity contribution in [1.82, 2.24) is 0 Å². The summed E-state index contributed by atoms with van der Waals surface area (Å²) >= 11 is 0. The minimum Gasteiger partial charge on any atom is -0.469 e. The molecule has 0 radical (unpaired) electrons. The summed E-state index contributed by atoms with van der Waals surface area (Å²) in [6, 6.07) is 2.11. The van der Waals surface area contributed by atoms with Gasteiger partial charge in [0.05, 0.1) is 24.5 Å². The molecular formula is C9H15NO2. The summed E-state index contributed by atoms with van der Waals surface area (Å²) in [4.78, 5) is 11.2. The lowest BCUT2D eigenvalue weighted by Crippen LogP contribution is -2.30. The zero-order valence-electron chi connectivity index (χ0n) is 8.05. The molecule has 0 aromatic rings. The van der Waals surface area contributed by atoms with E-state index in [1.165, 1.54) is 7.11 Å². The maximum atomic E-state index is 11.2. The Labute approximate surface area is 73.3 Å². The number of hydrogen-bond donors (Lipinski definition) is 0. The molecule has 3 heteroatoms. The summed E-state index contributed by atoms with van der Waals surface area (Å²) in [5.74, 6) is -0.628. The Hall–Kier alpha value is -1.04. The smallest absolute Gasteiger partial charge is 0.310 e. The number of esters is 1. The van der Waals surface area contributed by atoms with Crippen LogP contribution in [0.15, 0.2) is 0 Å². The molecule has 0 saturated heterocycles. The molecule has 0 bridgehead atoms. The van der Waals surface area contributed by atoms with Gasteiger partial charge in [-0.3, -0.25) is 4.79 Å². The Bertz CT molecular complexity index is 203. The third-order valence-electron chi connectivity index (χ3n) is 2.05. The van der Waals surface area contributed by atoms with Crippen molar-refractivity contribution in [1.29, 1.82) is 5.26 Å². The van der Waals surface area contributed by atoms with Gasteiger partial charge in [-0.25, -0.2) is 0 Å². The molecule has 0 aliphatic carbocycles. The Morgan fingerprint density at radius 2 is 2.17 bits per heavy atom. The van der Waals surface area contributed by atoms with Crippen LogP contribution in [-0.2, 0) is 9.53 Å². The number of carbonyl (C=O) groups excluding carboxylic acids is 1. The summed E-state index contributed by atoms with van der Waals surface area (Å²) < 4.78 is 4.60. The van der Waals surface area contributed by atoms with E-state index in [2.05, 4.69) is 10.8 Å². The second-order valence-corrected chi connectivity index (χ2v) is 3.32. The van der Waals surface area contributed by atoms with Gasteiger partial charge in [-0.15, -0.1) is 0 Å². The molecule has 0 N–H and O–H groups in total. The molecule has 0 saturated carbocycles. The summed E-state index contributed by atoms with van der Waals surface area (Å²) in [5, 5.41) is 8.78. The zero-order valence-corrected chi connectivity index (χ0v) is 8.05. The molecule has 0 rings (SSSR count). The Balaban J connectivity index is 4.58. The number of carbonyl (C=O) groups is 1. The maximum Gasteiger partial charge on any atom is 0.310 e. The van der Waals surface area contributed by atoms with Crippen LogP contribution in [-0.4, -0.2) is 13.1 Å². The molecule has 3 nitrogen and oxygen atoms in total. The Morgan fingerprint density at radius 1 is 1.67 bits per heavy atom. The number of ether oxygens (including phenoxy) is 1. The topological polar surface area (TPSA) is 50.1 Å². The van der Waals surface area contributed by atoms with Crippen molar-refractivity contribution in [3.63, 3.8) is 0 Å². The SMILES string of the molecule is CCC(C(=O)OC)C(C)(C)C#N. The molecule has 0 spiro atoms. The maximum absolute atomic E-state index is 11.2. The van der Waals surface area contributed by atoms with Crippen LogP contribution in [0.1, 0.15) is 27.2 Å². The van der Waals surface area contributed by atoms with E-state index in [1.807, 2.05) is 6.92 Å². The lowest BCUT2D eigenvalue weighted by Gasteiger charge is -2.23. The molecule has 68 valence electrons. The standard InChI is InChI=1S/C9H15NO2/c1-5-7(8(11)12-4)9(2,3)6-10/h7H,5H2,1-4H3. The summed E-state index contributed by atoms with van der Waals surface area (Å²) in [7, 11) is 1.35. The molecule has 0 aliphatic heterocycles. The molecule has 0 heterocycles. The quantitative estimate of drug-likeness (QED) is 0.604. The first-order valence-electron chi connectivity index (χ1n) is 3.98. The summed E-state index contributed by atoms with van der Waals surface area (Å²) in [5.41, 5.74) is -0.637. The zero-order chi connectivity index (χ0) is 9.78. The number of nitriles is 1. The molecule has 0 aliphatic rings. The van der Waals surface area contributed by atoms with Crippen LogP contribution in [0.2, 0.25) is 0 Å². The van der Waals surface area contributed by atoms with Crippen LogP contribution in [0.3, 0.4) is 0 Å². The average molecular weight is 169 g/mol. The summed E-state index contributed by atoms with van der Waals surface area (Å²) in [6.45, 7) is 5.37. The van der Waals surface area contributed by atoms with E-state index in [9.17, 15) is 4.79 Å². The monoisotopic (exact) mass is 169 g/mol. The van der Waals surface area contributed by atoms with Gasteiger partial charge in [-0.05, 0) is 20.3 Å². The Morgan fingerprint density at radius 3 is 2.42 bits per heavy atom. The summed E-state index contributed by atoms with van der Waals surface area (Å²) in [6.07, 6.45) is 0.632. The van der Waals surface area contributed by atoms with E-state index in [1.54, 1.807) is 13.8 Å². The molecule has 0 amide bonds. The second-order valence-electron chi connectivity index (χ2n) is 3.32. The third kappa shape index (κ3) is 2.23. The first kappa shape index (κ1) is 11.0. The molecule has 0 aromatic carbocycles. The van der Waals surface area contributed by atoms with Crippen LogP contribution in [0.5, 0.6) is 0 Å². The van der Waals surface area contributed by atoms with Crippen LogP contribution in [0.25, 0.3) is 0 Å². The van der Waals surface area contributed by atoms with Crippen molar-refractivity contribution in [2.75, 3.05) is 7.11 Å². The van der Waals surface area contributed by atoms with Gasteiger partial charge in [-0.2, -0.15) is 5.26 Å². The van der Waals surface area contributed by atoms with Gasteiger partial charge in [-0.1, -0.05) is 6.92 Å². The predicted octanol–water partition coefficient (Wildman–Crippen LogP) is 1.74. The lowest BCUT2D eigenvalue weighted by molar-refractivity contribution is -0.148. The van der Waals surface area contributed by atoms with E-state index in [0.29, 0.717) is 6.42 Å². The van der Waals surface area contributed by atoms with E-state index >= 15 is 0 Å². The first-order valence-corrected chi connectivity index (χ1v) is 3.98. The number of nitrogens with zero attached hydrogens (tertiary/aromatic N) is 1. The molecular weight excluding hydrogens is 154 g/mol. The number of hydrogen-bond acceptors (Lipinski definition) is 3. The van der Waals surface area contributed by atoms with Crippen molar-refractivity contribution >= 4 is 5.97 Å². The van der Waals surface area contributed by atoms with Gasteiger partial charge in [0, 0.05) is 0 Å². The number of rotatable bonds is 3. The lowest BCUT2D eigenvalue weighted by atomic mass is 9.79. The normalized spacial score (nSPS) is 13.2. The van der Waals surface area contributed by atoms with Crippen molar-refractivity contribution < 1.29 is 9.53 Å². The first-order chi connectivity index (χ1) is 5.49. The van der Waals surface area contributed by atoms with Gasteiger partial charge in [0.1, 0.15) is 0 Å². The predicted molar refractivity (Wildman–Crippen MR) is 45.2 cm³/mol. The van der Waals surface area contributed by atoms with E-state index < -0.39 is 5.41 Å². The molecule has 0 fully saturated rings. The van der Waals surface area contributed by atoms with Crippen LogP contribution in [0.4, 0.5) is 0 Å². The van der Waals surface area contributed by atoms with Gasteiger partial charge < -0.3 is 4.74 Å². The molecule has 0 aromatic heterocycles. The van der Waals surface area contributed by atoms with E-state index in [4.69, 9.17) is 5.26 Å². The van der Waals surface area contributed by atoms with Crippen molar-refractivity contribution in [3.8, 4) is 6.07 Å². The van der Waals surface area contributed by atoms with E-state index in [0.717, 1.165) is 0 Å². The highest BCUT2D eigenvalue weighted by Crippen LogP contribution is 2.29. The van der Waals surface area contributed by atoms with Gasteiger partial charge in [0.25, 0.3) is 0 Å². The highest BCUT2D eigenvalue weighted by atomic mass is 16.5. The Kier molecular flexibility index (Phi) is 3.75. The molecule has 1 atom stereocenters. The van der Waals surface area contributed by atoms with Crippen LogP contribution < -0.4 is 0 Å². The van der Waals surface area contributed by atoms with Crippen LogP contribution in [0, 0.1) is 22.7 Å². The fourth-order valence-corrected chi connectivity index (χ4v) is 1.19. The fourth-order valence-electron chi connectivity index (χ4n) is 1.19. The largest absolute Gasteiger partial charge is 0.469 e. The minimum atomic E-state index is -0.637. The fraction of sp³-hybridized carbons (Fsp3) is 0.778. The third-order valence-corrected chi connectivity index (χ3v) is 2.05. The highest BCUT2D eigenvalue weighted by molar-refractivity contribution is 5.73. The van der Waals surface area contributed by atoms with Crippen LogP contribution >= 0.6 is 0 Å². The number of methoxy groups -OCH3 is 1. The van der Waals surface area contributed by atoms with Crippen molar-refractivity contribution in [2.45, 2.75) is 27.2 Å². The van der Waals surface area contributed by atoms with Gasteiger partial charge in [0.15, 0.2) is 0 Å². The van der Waals surface area contributed by atoms with E-state index in [-0.39, 0.29) is 11.9 Å². The second kappa shape index (κ2) is 4.10. The van der Waals surface area contributed by atoms with Crippen molar-refractivity contribution in [3.05, 3.63) is 0 Å². The van der Waals surface area contributed by atoms with Gasteiger partial charge in [0.2, 0.25) is 0 Å². The van der Waals surface area contributed by atoms with Gasteiger partial charge >= 0.3 is 5.97 Å². The average Bonchev–Trinajstić information content (AvgIpc) is 2.05. The molecule has 12 heavy (non-hydrogen) atoms. The van der Waals surface area contributed by atoms with Crippen molar-refractivity contribution in [2.24, 2.45) is 11.3 Å². The highest BCUT2D eigenvalue weighted by Gasteiger charge is 2.34. The minimum absolute atomic E-state index is 0.302.